The van der Waals surface area contributed by atoms with E-state index in [9.17, 15) is 9.59 Å². The van der Waals surface area contributed by atoms with Crippen LogP contribution < -0.4 is 10.6 Å². The highest BCUT2D eigenvalue weighted by Crippen LogP contribution is 2.20. The summed E-state index contributed by atoms with van der Waals surface area (Å²) in [5.74, 6) is -0.261. The van der Waals surface area contributed by atoms with E-state index in [1.165, 1.54) is 6.07 Å². The summed E-state index contributed by atoms with van der Waals surface area (Å²) in [6.45, 7) is 3.65. The number of aromatic carboxylic acids is 1. The van der Waals surface area contributed by atoms with Crippen molar-refractivity contribution < 1.29 is 14.7 Å². The first kappa shape index (κ1) is 15.4. The SMILES string of the molecule is CSCC(C)NC(=O)Nc1c(C)cccc1C(=O)O. The number of carboxylic acids is 1. The number of para-hydroxylation sites is 1. The van der Waals surface area contributed by atoms with Crippen molar-refractivity contribution in [3.05, 3.63) is 29.3 Å². The van der Waals surface area contributed by atoms with Gasteiger partial charge in [-0.1, -0.05) is 12.1 Å². The maximum Gasteiger partial charge on any atom is 0.337 e. The van der Waals surface area contributed by atoms with Gasteiger partial charge in [-0.2, -0.15) is 11.8 Å². The van der Waals surface area contributed by atoms with Crippen LogP contribution in [-0.4, -0.2) is 35.2 Å². The molecule has 6 heteroatoms. The van der Waals surface area contributed by atoms with E-state index in [-0.39, 0.29) is 11.6 Å². The van der Waals surface area contributed by atoms with Crippen LogP contribution in [0, 0.1) is 6.92 Å². The molecule has 0 aliphatic carbocycles. The first-order chi connectivity index (χ1) is 8.95. The molecule has 2 amide bonds. The zero-order valence-electron chi connectivity index (χ0n) is 11.2. The van der Waals surface area contributed by atoms with Gasteiger partial charge in [0.05, 0.1) is 11.3 Å². The number of amides is 2. The highest BCUT2D eigenvalue weighted by molar-refractivity contribution is 7.98. The molecule has 1 unspecified atom stereocenters. The Bertz CT molecular complexity index is 477. The molecular weight excluding hydrogens is 264 g/mol. The summed E-state index contributed by atoms with van der Waals surface area (Å²) in [5, 5.41) is 14.5. The number of aryl methyl sites for hydroxylation is 1. The molecule has 5 nitrogen and oxygen atoms in total. The summed E-state index contributed by atoms with van der Waals surface area (Å²) in [6, 6.07) is 4.51. The quantitative estimate of drug-likeness (QED) is 0.775. The van der Waals surface area contributed by atoms with Gasteiger partial charge in [0.25, 0.3) is 0 Å². The van der Waals surface area contributed by atoms with Crippen molar-refractivity contribution in [2.24, 2.45) is 0 Å². The van der Waals surface area contributed by atoms with Crippen LogP contribution in [0.4, 0.5) is 10.5 Å². The Labute approximate surface area is 116 Å². The molecular formula is C13H18N2O3S. The van der Waals surface area contributed by atoms with Crippen LogP contribution >= 0.6 is 11.8 Å². The zero-order valence-corrected chi connectivity index (χ0v) is 12.0. The minimum Gasteiger partial charge on any atom is -0.478 e. The Morgan fingerprint density at radius 2 is 2.11 bits per heavy atom. The fourth-order valence-electron chi connectivity index (χ4n) is 1.68. The average molecular weight is 282 g/mol. The molecule has 0 spiro atoms. The van der Waals surface area contributed by atoms with Crippen molar-refractivity contribution in [3.63, 3.8) is 0 Å². The van der Waals surface area contributed by atoms with E-state index in [1.54, 1.807) is 30.8 Å². The monoisotopic (exact) mass is 282 g/mol. The second-order valence-electron chi connectivity index (χ2n) is 4.26. The number of anilines is 1. The van der Waals surface area contributed by atoms with Crippen molar-refractivity contribution in [2.75, 3.05) is 17.3 Å². The molecule has 0 saturated carbocycles. The van der Waals surface area contributed by atoms with Crippen LogP contribution in [0.25, 0.3) is 0 Å². The molecule has 0 saturated heterocycles. The molecule has 0 radical (unpaired) electrons. The predicted molar refractivity (Wildman–Crippen MR) is 78.1 cm³/mol. The van der Waals surface area contributed by atoms with Crippen molar-refractivity contribution in [3.8, 4) is 0 Å². The molecule has 104 valence electrons. The van der Waals surface area contributed by atoms with E-state index in [2.05, 4.69) is 10.6 Å². The number of hydrogen-bond donors (Lipinski definition) is 3. The number of carbonyl (C=O) groups is 2. The summed E-state index contributed by atoms with van der Waals surface area (Å²) in [7, 11) is 0. The maximum absolute atomic E-state index is 11.8. The fraction of sp³-hybridized carbons (Fsp3) is 0.385. The first-order valence-electron chi connectivity index (χ1n) is 5.85. The Hall–Kier alpha value is -1.69. The van der Waals surface area contributed by atoms with Gasteiger partial charge in [0.15, 0.2) is 0 Å². The predicted octanol–water partition coefficient (Wildman–Crippen LogP) is 2.57. The summed E-state index contributed by atoms with van der Waals surface area (Å²) < 4.78 is 0. The molecule has 1 rings (SSSR count). The zero-order chi connectivity index (χ0) is 14.4. The van der Waals surface area contributed by atoms with Crippen LogP contribution in [-0.2, 0) is 0 Å². The lowest BCUT2D eigenvalue weighted by atomic mass is 10.1. The van der Waals surface area contributed by atoms with E-state index in [0.717, 1.165) is 5.75 Å². The van der Waals surface area contributed by atoms with E-state index < -0.39 is 12.0 Å². The first-order valence-corrected chi connectivity index (χ1v) is 7.24. The van der Waals surface area contributed by atoms with E-state index in [0.29, 0.717) is 11.3 Å². The normalized spacial score (nSPS) is 11.7. The largest absolute Gasteiger partial charge is 0.478 e. The topological polar surface area (TPSA) is 78.4 Å². The number of carbonyl (C=O) groups excluding carboxylic acids is 1. The highest BCUT2D eigenvalue weighted by Gasteiger charge is 2.15. The van der Waals surface area contributed by atoms with Gasteiger partial charge < -0.3 is 15.7 Å². The third-order valence-electron chi connectivity index (χ3n) is 2.54. The lowest BCUT2D eigenvalue weighted by Gasteiger charge is -2.15. The van der Waals surface area contributed by atoms with Gasteiger partial charge in [-0.25, -0.2) is 9.59 Å². The molecule has 1 aromatic rings. The van der Waals surface area contributed by atoms with Crippen molar-refractivity contribution in [2.45, 2.75) is 19.9 Å². The van der Waals surface area contributed by atoms with Crippen LogP contribution in [0.5, 0.6) is 0 Å². The van der Waals surface area contributed by atoms with Crippen molar-refractivity contribution >= 4 is 29.4 Å². The number of thioether (sulfide) groups is 1. The second-order valence-corrected chi connectivity index (χ2v) is 5.17. The van der Waals surface area contributed by atoms with Crippen LogP contribution in [0.1, 0.15) is 22.8 Å². The molecule has 1 aromatic carbocycles. The summed E-state index contributed by atoms with van der Waals surface area (Å²) in [5.41, 5.74) is 1.14. The molecule has 0 heterocycles. The third-order valence-corrected chi connectivity index (χ3v) is 3.37. The molecule has 0 aromatic heterocycles. The molecule has 3 N–H and O–H groups in total. The second kappa shape index (κ2) is 7.04. The minimum atomic E-state index is -1.06. The Balaban J connectivity index is 2.82. The van der Waals surface area contributed by atoms with Crippen LogP contribution in [0.15, 0.2) is 18.2 Å². The number of nitrogens with one attached hydrogen (secondary N) is 2. The van der Waals surface area contributed by atoms with Gasteiger partial charge in [0, 0.05) is 11.8 Å². The average Bonchev–Trinajstić information content (AvgIpc) is 2.31. The van der Waals surface area contributed by atoms with Gasteiger partial charge in [-0.3, -0.25) is 0 Å². The highest BCUT2D eigenvalue weighted by atomic mass is 32.2. The van der Waals surface area contributed by atoms with Crippen LogP contribution in [0.2, 0.25) is 0 Å². The van der Waals surface area contributed by atoms with Crippen molar-refractivity contribution in [1.29, 1.82) is 0 Å². The van der Waals surface area contributed by atoms with Crippen molar-refractivity contribution in [1.82, 2.24) is 5.32 Å². The summed E-state index contributed by atoms with van der Waals surface area (Å²) >= 11 is 1.63. The number of carboxylic acid groups (broad SMARTS) is 1. The Morgan fingerprint density at radius 3 is 2.68 bits per heavy atom. The standard InChI is InChI=1S/C13H18N2O3S/c1-8-5-4-6-10(12(16)17)11(8)15-13(18)14-9(2)7-19-3/h4-6,9H,7H2,1-3H3,(H,16,17)(H2,14,15,18). The van der Waals surface area contributed by atoms with Gasteiger partial charge in [-0.05, 0) is 31.7 Å². The maximum atomic E-state index is 11.8. The van der Waals surface area contributed by atoms with Gasteiger partial charge in [-0.15, -0.1) is 0 Å². The molecule has 1 atom stereocenters. The summed E-state index contributed by atoms with van der Waals surface area (Å²) in [4.78, 5) is 22.9. The molecule has 0 fully saturated rings. The van der Waals surface area contributed by atoms with E-state index in [1.807, 2.05) is 13.2 Å². The van der Waals surface area contributed by atoms with Gasteiger partial charge in [0.2, 0.25) is 0 Å². The number of hydrogen-bond acceptors (Lipinski definition) is 3. The fourth-order valence-corrected chi connectivity index (χ4v) is 2.26. The summed E-state index contributed by atoms with van der Waals surface area (Å²) in [6.07, 6.45) is 1.96. The molecule has 0 aliphatic rings. The number of benzene rings is 1. The molecule has 19 heavy (non-hydrogen) atoms. The Morgan fingerprint density at radius 1 is 1.42 bits per heavy atom. The van der Waals surface area contributed by atoms with Gasteiger partial charge >= 0.3 is 12.0 Å². The third kappa shape index (κ3) is 4.48. The van der Waals surface area contributed by atoms with Crippen LogP contribution in [0.3, 0.4) is 0 Å². The number of urea groups is 1. The molecule has 0 aliphatic heterocycles. The Kier molecular flexibility index (Phi) is 5.69. The van der Waals surface area contributed by atoms with Gasteiger partial charge in [0.1, 0.15) is 0 Å². The number of rotatable bonds is 5. The lowest BCUT2D eigenvalue weighted by Crippen LogP contribution is -2.37. The van der Waals surface area contributed by atoms with E-state index >= 15 is 0 Å². The lowest BCUT2D eigenvalue weighted by molar-refractivity contribution is 0.0698. The molecule has 0 bridgehead atoms. The minimum absolute atomic E-state index is 0.0206. The smallest absolute Gasteiger partial charge is 0.337 e. The van der Waals surface area contributed by atoms with E-state index in [4.69, 9.17) is 5.11 Å².